The Morgan fingerprint density at radius 2 is 2.10 bits per heavy atom. The van der Waals surface area contributed by atoms with E-state index in [1.165, 1.54) is 23.8 Å². The van der Waals surface area contributed by atoms with Gasteiger partial charge in [-0.3, -0.25) is 4.79 Å². The average molecular weight is 303 g/mol. The van der Waals surface area contributed by atoms with Gasteiger partial charge in [0.2, 0.25) is 0 Å². The summed E-state index contributed by atoms with van der Waals surface area (Å²) in [5.74, 6) is -0.473. The highest BCUT2D eigenvalue weighted by atomic mass is 35.5. The molecule has 0 spiro atoms. The fourth-order valence-corrected chi connectivity index (χ4v) is 2.60. The van der Waals surface area contributed by atoms with E-state index in [0.717, 1.165) is 25.1 Å². The molecule has 2 aromatic carbocycles. The van der Waals surface area contributed by atoms with Gasteiger partial charge >= 0.3 is 0 Å². The third-order valence-electron chi connectivity index (χ3n) is 3.51. The van der Waals surface area contributed by atoms with Gasteiger partial charge in [-0.25, -0.2) is 0 Å². The number of amides is 1. The summed E-state index contributed by atoms with van der Waals surface area (Å²) in [6.07, 6.45) is 2.17. The fraction of sp³-hybridized carbons (Fsp3) is 0.188. The molecule has 3 rings (SSSR count). The largest absolute Gasteiger partial charge is 0.507 e. The van der Waals surface area contributed by atoms with Crippen LogP contribution in [-0.2, 0) is 6.42 Å². The van der Waals surface area contributed by atoms with E-state index in [1.54, 1.807) is 0 Å². The zero-order valence-corrected chi connectivity index (χ0v) is 12.1. The Labute approximate surface area is 127 Å². The van der Waals surface area contributed by atoms with E-state index in [1.807, 2.05) is 18.2 Å². The third-order valence-corrected chi connectivity index (χ3v) is 3.74. The summed E-state index contributed by atoms with van der Waals surface area (Å²) in [5, 5.41) is 16.2. The van der Waals surface area contributed by atoms with E-state index in [9.17, 15) is 9.90 Å². The van der Waals surface area contributed by atoms with Crippen LogP contribution in [0.5, 0.6) is 5.75 Å². The van der Waals surface area contributed by atoms with Crippen molar-refractivity contribution in [1.29, 1.82) is 0 Å². The Balaban J connectivity index is 1.83. The van der Waals surface area contributed by atoms with Crippen molar-refractivity contribution in [1.82, 2.24) is 0 Å². The molecular formula is C16H15ClN2O2. The predicted molar refractivity (Wildman–Crippen MR) is 84.3 cm³/mol. The minimum Gasteiger partial charge on any atom is -0.507 e. The summed E-state index contributed by atoms with van der Waals surface area (Å²) >= 11 is 5.86. The number of carbonyl (C=O) groups is 1. The molecule has 1 amide bonds. The van der Waals surface area contributed by atoms with Crippen LogP contribution in [0.4, 0.5) is 11.4 Å². The lowest BCUT2D eigenvalue weighted by Gasteiger charge is -2.19. The number of benzene rings is 2. The first-order valence-electron chi connectivity index (χ1n) is 6.80. The maximum Gasteiger partial charge on any atom is 0.259 e. The summed E-state index contributed by atoms with van der Waals surface area (Å²) in [6.45, 7) is 0.944. The monoisotopic (exact) mass is 302 g/mol. The highest BCUT2D eigenvalue weighted by Gasteiger charge is 2.14. The highest BCUT2D eigenvalue weighted by Crippen LogP contribution is 2.27. The van der Waals surface area contributed by atoms with Crippen molar-refractivity contribution in [2.75, 3.05) is 17.2 Å². The number of hydrogen-bond acceptors (Lipinski definition) is 3. The highest BCUT2D eigenvalue weighted by molar-refractivity contribution is 6.31. The first kappa shape index (κ1) is 13.8. The average Bonchev–Trinajstić information content (AvgIpc) is 2.49. The molecule has 0 atom stereocenters. The van der Waals surface area contributed by atoms with Crippen molar-refractivity contribution in [3.8, 4) is 5.75 Å². The van der Waals surface area contributed by atoms with Crippen molar-refractivity contribution in [2.24, 2.45) is 0 Å². The molecule has 1 aliphatic rings. The molecule has 0 saturated carbocycles. The summed E-state index contributed by atoms with van der Waals surface area (Å²) in [6, 6.07) is 10.2. The van der Waals surface area contributed by atoms with Crippen LogP contribution in [0.3, 0.4) is 0 Å². The van der Waals surface area contributed by atoms with E-state index in [0.29, 0.717) is 10.7 Å². The Kier molecular flexibility index (Phi) is 3.71. The van der Waals surface area contributed by atoms with Gasteiger partial charge in [-0.2, -0.15) is 0 Å². The molecule has 0 aromatic heterocycles. The first-order valence-corrected chi connectivity index (χ1v) is 7.18. The fourth-order valence-electron chi connectivity index (χ4n) is 2.43. The van der Waals surface area contributed by atoms with E-state index in [-0.39, 0.29) is 17.2 Å². The molecule has 108 valence electrons. The zero-order chi connectivity index (χ0) is 14.8. The van der Waals surface area contributed by atoms with Crippen LogP contribution in [0.1, 0.15) is 22.3 Å². The van der Waals surface area contributed by atoms with Crippen LogP contribution >= 0.6 is 11.6 Å². The smallest absolute Gasteiger partial charge is 0.259 e. The van der Waals surface area contributed by atoms with Gasteiger partial charge in [-0.05, 0) is 48.7 Å². The second-order valence-corrected chi connectivity index (χ2v) is 5.45. The molecule has 0 fully saturated rings. The third kappa shape index (κ3) is 2.95. The Bertz CT molecular complexity index is 701. The maximum absolute atomic E-state index is 12.2. The topological polar surface area (TPSA) is 61.4 Å². The molecule has 4 nitrogen and oxygen atoms in total. The SMILES string of the molecule is O=C(Nc1ccc2c(c1)NCCC2)c1cc(Cl)ccc1O. The normalized spacial score (nSPS) is 13.2. The van der Waals surface area contributed by atoms with Gasteiger partial charge in [0.05, 0.1) is 5.56 Å². The Hall–Kier alpha value is -2.20. The quantitative estimate of drug-likeness (QED) is 0.793. The van der Waals surface area contributed by atoms with Gasteiger partial charge in [0, 0.05) is 22.9 Å². The molecule has 5 heteroatoms. The molecule has 0 aliphatic carbocycles. The molecule has 0 bridgehead atoms. The second kappa shape index (κ2) is 5.66. The molecule has 2 aromatic rings. The van der Waals surface area contributed by atoms with Gasteiger partial charge in [-0.1, -0.05) is 17.7 Å². The van der Waals surface area contributed by atoms with Crippen LogP contribution in [0.15, 0.2) is 36.4 Å². The van der Waals surface area contributed by atoms with Crippen LogP contribution in [-0.4, -0.2) is 17.6 Å². The van der Waals surface area contributed by atoms with Crippen molar-refractivity contribution in [3.05, 3.63) is 52.5 Å². The van der Waals surface area contributed by atoms with Crippen LogP contribution in [0.2, 0.25) is 5.02 Å². The summed E-state index contributed by atoms with van der Waals surface area (Å²) in [7, 11) is 0. The number of fused-ring (bicyclic) bond motifs is 1. The minimum atomic E-state index is -0.384. The van der Waals surface area contributed by atoms with Crippen LogP contribution < -0.4 is 10.6 Å². The van der Waals surface area contributed by atoms with Crippen LogP contribution in [0, 0.1) is 0 Å². The molecule has 21 heavy (non-hydrogen) atoms. The van der Waals surface area contributed by atoms with E-state index in [2.05, 4.69) is 10.6 Å². The summed E-state index contributed by atoms with van der Waals surface area (Å²) < 4.78 is 0. The van der Waals surface area contributed by atoms with E-state index >= 15 is 0 Å². The standard InChI is InChI=1S/C16H15ClN2O2/c17-11-4-6-15(20)13(8-11)16(21)19-12-5-3-10-2-1-7-18-14(10)9-12/h3-6,8-9,18,20H,1-2,7H2,(H,19,21). The zero-order valence-electron chi connectivity index (χ0n) is 11.3. The Morgan fingerprint density at radius 3 is 2.95 bits per heavy atom. The first-order chi connectivity index (χ1) is 10.1. The summed E-state index contributed by atoms with van der Waals surface area (Å²) in [4.78, 5) is 12.2. The summed E-state index contributed by atoms with van der Waals surface area (Å²) in [5.41, 5.74) is 3.15. The molecule has 1 aliphatic heterocycles. The molecule has 3 N–H and O–H groups in total. The lowest BCUT2D eigenvalue weighted by atomic mass is 10.0. The van der Waals surface area contributed by atoms with Crippen molar-refractivity contribution < 1.29 is 9.90 Å². The van der Waals surface area contributed by atoms with Gasteiger partial charge in [0.25, 0.3) is 5.91 Å². The number of rotatable bonds is 2. The number of aromatic hydroxyl groups is 1. The van der Waals surface area contributed by atoms with Crippen LogP contribution in [0.25, 0.3) is 0 Å². The predicted octanol–water partition coefficient (Wildman–Crippen LogP) is 3.66. The van der Waals surface area contributed by atoms with Crippen molar-refractivity contribution >= 4 is 28.9 Å². The number of aryl methyl sites for hydroxylation is 1. The Morgan fingerprint density at radius 1 is 1.24 bits per heavy atom. The van der Waals surface area contributed by atoms with Crippen molar-refractivity contribution in [3.63, 3.8) is 0 Å². The lowest BCUT2D eigenvalue weighted by molar-refractivity contribution is 0.102. The van der Waals surface area contributed by atoms with E-state index < -0.39 is 0 Å². The lowest BCUT2D eigenvalue weighted by Crippen LogP contribution is -2.15. The van der Waals surface area contributed by atoms with Gasteiger partial charge < -0.3 is 15.7 Å². The number of phenols is 1. The molecule has 1 heterocycles. The van der Waals surface area contributed by atoms with E-state index in [4.69, 9.17) is 11.6 Å². The number of hydrogen-bond donors (Lipinski definition) is 3. The molecule has 0 unspecified atom stereocenters. The molecular weight excluding hydrogens is 288 g/mol. The number of halogens is 1. The van der Waals surface area contributed by atoms with Gasteiger partial charge in [0.15, 0.2) is 0 Å². The second-order valence-electron chi connectivity index (χ2n) is 5.02. The van der Waals surface area contributed by atoms with Crippen molar-refractivity contribution in [2.45, 2.75) is 12.8 Å². The molecule has 0 radical (unpaired) electrons. The number of carbonyl (C=O) groups excluding carboxylic acids is 1. The number of anilines is 2. The maximum atomic E-state index is 12.2. The van der Waals surface area contributed by atoms with Gasteiger partial charge in [-0.15, -0.1) is 0 Å². The number of phenolic OH excluding ortho intramolecular Hbond substituents is 1. The molecule has 0 saturated heterocycles. The van der Waals surface area contributed by atoms with Gasteiger partial charge in [0.1, 0.15) is 5.75 Å². The number of nitrogens with one attached hydrogen (secondary N) is 2. The minimum absolute atomic E-state index is 0.0898.